The van der Waals surface area contributed by atoms with Crippen molar-refractivity contribution in [3.05, 3.63) is 23.8 Å². The first-order valence-corrected chi connectivity index (χ1v) is 9.65. The number of hydrogen-bond acceptors (Lipinski definition) is 4. The lowest BCUT2D eigenvalue weighted by molar-refractivity contribution is -0.127. The number of halogens is 1. The van der Waals surface area contributed by atoms with Gasteiger partial charge in [0.1, 0.15) is 5.75 Å². The molecule has 0 aromatic heterocycles. The molecule has 1 aromatic rings. The number of carbonyl (C=O) groups is 2. The van der Waals surface area contributed by atoms with E-state index in [0.29, 0.717) is 29.7 Å². The van der Waals surface area contributed by atoms with E-state index in [1.54, 1.807) is 0 Å². The fraction of sp³-hybridized carbons (Fsp3) is 0.600. The summed E-state index contributed by atoms with van der Waals surface area (Å²) in [6, 6.07) is 5.51. The Morgan fingerprint density at radius 3 is 2.78 bits per heavy atom. The number of fused-ring (bicyclic) bond motifs is 3. The summed E-state index contributed by atoms with van der Waals surface area (Å²) >= 11 is 0. The van der Waals surface area contributed by atoms with Gasteiger partial charge in [-0.25, -0.2) is 0 Å². The molecule has 1 aromatic carbocycles. The van der Waals surface area contributed by atoms with Gasteiger partial charge in [-0.3, -0.25) is 9.59 Å². The number of ether oxygens (including phenoxy) is 1. The van der Waals surface area contributed by atoms with Crippen molar-refractivity contribution in [2.75, 3.05) is 5.32 Å². The van der Waals surface area contributed by atoms with Crippen molar-refractivity contribution in [1.29, 1.82) is 0 Å². The van der Waals surface area contributed by atoms with E-state index < -0.39 is 6.10 Å². The molecule has 2 saturated carbocycles. The molecule has 0 spiro atoms. The van der Waals surface area contributed by atoms with Crippen LogP contribution in [-0.4, -0.2) is 24.0 Å². The van der Waals surface area contributed by atoms with Crippen LogP contribution in [0.25, 0.3) is 0 Å². The molecule has 3 aliphatic rings. The van der Waals surface area contributed by atoms with Crippen LogP contribution in [-0.2, 0) is 9.59 Å². The fourth-order valence-electron chi connectivity index (χ4n) is 4.82. The van der Waals surface area contributed by atoms with Gasteiger partial charge in [-0.15, -0.1) is 12.4 Å². The average Bonchev–Trinajstić information content (AvgIpc) is 3.21. The second-order valence-electron chi connectivity index (χ2n) is 7.93. The van der Waals surface area contributed by atoms with Crippen LogP contribution in [0.15, 0.2) is 18.2 Å². The standard InChI is InChI=1S/C20H27N3O3.ClH/c1-3-15-19(24)23-14-7-6-11(9-16(14)26-15)10(2)22-20(25)17-12-4-5-13(8-12)18(17)21;/h6-7,9-10,12-13,15,17-18H,3-5,8,21H2,1-2H3,(H,22,25)(H,23,24);1H. The minimum atomic E-state index is -0.463. The smallest absolute Gasteiger partial charge is 0.265 e. The molecular formula is C20H28ClN3O3. The van der Waals surface area contributed by atoms with Crippen molar-refractivity contribution in [2.24, 2.45) is 23.5 Å². The predicted molar refractivity (Wildman–Crippen MR) is 106 cm³/mol. The molecule has 4 rings (SSSR count). The Morgan fingerprint density at radius 1 is 1.37 bits per heavy atom. The number of nitrogens with one attached hydrogen (secondary N) is 2. The van der Waals surface area contributed by atoms with Gasteiger partial charge in [0.2, 0.25) is 5.91 Å². The topological polar surface area (TPSA) is 93.4 Å². The van der Waals surface area contributed by atoms with E-state index in [9.17, 15) is 9.59 Å². The summed E-state index contributed by atoms with van der Waals surface area (Å²) in [7, 11) is 0. The fourth-order valence-corrected chi connectivity index (χ4v) is 4.82. The Kier molecular flexibility index (Phi) is 5.68. The van der Waals surface area contributed by atoms with E-state index in [4.69, 9.17) is 10.5 Å². The number of carbonyl (C=O) groups excluding carboxylic acids is 2. The molecule has 6 nitrogen and oxygen atoms in total. The van der Waals surface area contributed by atoms with E-state index >= 15 is 0 Å². The highest BCUT2D eigenvalue weighted by atomic mass is 35.5. The minimum absolute atomic E-state index is 0. The Labute approximate surface area is 166 Å². The number of hydrogen-bond donors (Lipinski definition) is 3. The van der Waals surface area contributed by atoms with E-state index in [1.807, 2.05) is 32.0 Å². The largest absolute Gasteiger partial charge is 0.478 e. The molecule has 2 bridgehead atoms. The first-order valence-electron chi connectivity index (χ1n) is 9.65. The van der Waals surface area contributed by atoms with E-state index in [0.717, 1.165) is 24.8 Å². The number of amides is 2. The van der Waals surface area contributed by atoms with Crippen LogP contribution in [0.2, 0.25) is 0 Å². The highest BCUT2D eigenvalue weighted by Crippen LogP contribution is 2.47. The van der Waals surface area contributed by atoms with Crippen molar-refractivity contribution in [1.82, 2.24) is 5.32 Å². The molecule has 6 unspecified atom stereocenters. The molecule has 148 valence electrons. The summed E-state index contributed by atoms with van der Waals surface area (Å²) in [4.78, 5) is 24.7. The molecule has 2 amide bonds. The van der Waals surface area contributed by atoms with Gasteiger partial charge in [0.05, 0.1) is 17.6 Å². The SMILES string of the molecule is CCC1Oc2cc(C(C)NC(=O)C3C4CCC(C4)C3N)ccc2NC1=O.Cl. The lowest BCUT2D eigenvalue weighted by Crippen LogP contribution is -2.45. The van der Waals surface area contributed by atoms with Crippen LogP contribution in [0, 0.1) is 17.8 Å². The van der Waals surface area contributed by atoms with Crippen molar-refractivity contribution in [3.8, 4) is 5.75 Å². The van der Waals surface area contributed by atoms with E-state index in [2.05, 4.69) is 10.6 Å². The first-order chi connectivity index (χ1) is 12.5. The van der Waals surface area contributed by atoms with Gasteiger partial charge >= 0.3 is 0 Å². The van der Waals surface area contributed by atoms with Crippen LogP contribution >= 0.6 is 12.4 Å². The molecular weight excluding hydrogens is 366 g/mol. The molecule has 0 saturated heterocycles. The Morgan fingerprint density at radius 2 is 2.11 bits per heavy atom. The van der Waals surface area contributed by atoms with Crippen LogP contribution in [0.1, 0.15) is 51.1 Å². The number of rotatable bonds is 4. The quantitative estimate of drug-likeness (QED) is 0.733. The maximum atomic E-state index is 12.8. The molecule has 2 fully saturated rings. The second kappa shape index (κ2) is 7.68. The zero-order chi connectivity index (χ0) is 18.4. The van der Waals surface area contributed by atoms with Gasteiger partial charge in [0, 0.05) is 6.04 Å². The van der Waals surface area contributed by atoms with Crippen LogP contribution < -0.4 is 21.1 Å². The number of nitrogens with two attached hydrogens (primary N) is 1. The third-order valence-corrected chi connectivity index (χ3v) is 6.34. The van der Waals surface area contributed by atoms with Gasteiger partial charge in [0.15, 0.2) is 6.10 Å². The van der Waals surface area contributed by atoms with E-state index in [1.165, 1.54) is 0 Å². The summed E-state index contributed by atoms with van der Waals surface area (Å²) in [5, 5.41) is 6.00. The Balaban J connectivity index is 0.00000210. The monoisotopic (exact) mass is 393 g/mol. The Bertz CT molecular complexity index is 739. The summed E-state index contributed by atoms with van der Waals surface area (Å²) in [6.07, 6.45) is 3.53. The van der Waals surface area contributed by atoms with Crippen LogP contribution in [0.4, 0.5) is 5.69 Å². The van der Waals surface area contributed by atoms with Crippen molar-refractivity contribution in [2.45, 2.75) is 57.7 Å². The number of benzene rings is 1. The highest BCUT2D eigenvalue weighted by Gasteiger charge is 2.49. The molecule has 2 aliphatic carbocycles. The number of anilines is 1. The van der Waals surface area contributed by atoms with Gasteiger partial charge in [0.25, 0.3) is 5.91 Å². The maximum Gasteiger partial charge on any atom is 0.265 e. The predicted octanol–water partition coefficient (Wildman–Crippen LogP) is 2.77. The molecule has 6 atom stereocenters. The minimum Gasteiger partial charge on any atom is -0.478 e. The third-order valence-electron chi connectivity index (χ3n) is 6.34. The van der Waals surface area contributed by atoms with Crippen molar-refractivity contribution < 1.29 is 14.3 Å². The summed E-state index contributed by atoms with van der Waals surface area (Å²) in [5.41, 5.74) is 7.93. The zero-order valence-electron chi connectivity index (χ0n) is 15.7. The summed E-state index contributed by atoms with van der Waals surface area (Å²) < 4.78 is 5.80. The molecule has 1 aliphatic heterocycles. The Hall–Kier alpha value is -1.79. The maximum absolute atomic E-state index is 12.8. The molecule has 27 heavy (non-hydrogen) atoms. The van der Waals surface area contributed by atoms with Gasteiger partial charge < -0.3 is 21.1 Å². The lowest BCUT2D eigenvalue weighted by atomic mass is 9.84. The highest BCUT2D eigenvalue weighted by molar-refractivity contribution is 5.97. The molecule has 1 heterocycles. The van der Waals surface area contributed by atoms with Crippen LogP contribution in [0.5, 0.6) is 5.75 Å². The lowest BCUT2D eigenvalue weighted by Gasteiger charge is -2.29. The van der Waals surface area contributed by atoms with Gasteiger partial charge in [-0.1, -0.05) is 13.0 Å². The average molecular weight is 394 g/mol. The second-order valence-corrected chi connectivity index (χ2v) is 7.93. The summed E-state index contributed by atoms with van der Waals surface area (Å²) in [5.74, 6) is 1.50. The van der Waals surface area contributed by atoms with E-state index in [-0.39, 0.29) is 42.2 Å². The first kappa shape index (κ1) is 20.0. The summed E-state index contributed by atoms with van der Waals surface area (Å²) in [6.45, 7) is 3.89. The van der Waals surface area contributed by atoms with Crippen LogP contribution in [0.3, 0.4) is 0 Å². The molecule has 7 heteroatoms. The molecule has 4 N–H and O–H groups in total. The zero-order valence-corrected chi connectivity index (χ0v) is 16.6. The van der Waals surface area contributed by atoms with Crippen molar-refractivity contribution >= 4 is 29.9 Å². The third kappa shape index (κ3) is 3.52. The van der Waals surface area contributed by atoms with Crippen molar-refractivity contribution in [3.63, 3.8) is 0 Å². The van der Waals surface area contributed by atoms with Gasteiger partial charge in [-0.2, -0.15) is 0 Å². The molecule has 0 radical (unpaired) electrons. The van der Waals surface area contributed by atoms with Gasteiger partial charge in [-0.05, 0) is 62.1 Å². The normalized spacial score (nSPS) is 32.0.